The lowest BCUT2D eigenvalue weighted by Gasteiger charge is -1.85. The van der Waals surface area contributed by atoms with Crippen molar-refractivity contribution in [1.82, 2.24) is 20.2 Å². The Balaban J connectivity index is 2.47. The molecule has 0 spiro atoms. The first kappa shape index (κ1) is 4.72. The van der Waals surface area contributed by atoms with E-state index in [0.717, 1.165) is 12.8 Å². The quantitative estimate of drug-likeness (QED) is 0.541. The zero-order valence-electron chi connectivity index (χ0n) is 4.74. The number of nitrogens with zero attached hydrogens (tertiary/aromatic N) is 3. The Labute approximate surface area is 50.7 Å². The highest BCUT2D eigenvalue weighted by Crippen LogP contribution is 2.31. The standard InChI is InChI=1S/C4H6N4O/c9-4-5-6-7-8(4)3-1-2-3/h3H,1-2H2,(H,5,7,9). The molecule has 0 aliphatic heterocycles. The molecule has 1 saturated carbocycles. The molecular weight excluding hydrogens is 120 g/mol. The third kappa shape index (κ3) is 0.647. The minimum atomic E-state index is -0.197. The van der Waals surface area contributed by atoms with Crippen molar-refractivity contribution in [3.8, 4) is 0 Å². The van der Waals surface area contributed by atoms with Crippen molar-refractivity contribution in [3.05, 3.63) is 10.5 Å². The van der Waals surface area contributed by atoms with Gasteiger partial charge in [-0.15, -0.1) is 0 Å². The first-order valence-corrected chi connectivity index (χ1v) is 2.88. The van der Waals surface area contributed by atoms with Crippen molar-refractivity contribution in [2.24, 2.45) is 0 Å². The number of hydrogen-bond donors (Lipinski definition) is 1. The molecule has 5 heteroatoms. The van der Waals surface area contributed by atoms with Crippen LogP contribution in [0.2, 0.25) is 0 Å². The van der Waals surface area contributed by atoms with E-state index in [1.807, 2.05) is 0 Å². The van der Waals surface area contributed by atoms with Crippen LogP contribution in [0.5, 0.6) is 0 Å². The molecule has 1 N–H and O–H groups in total. The summed E-state index contributed by atoms with van der Waals surface area (Å²) in [5.41, 5.74) is -0.197. The molecule has 1 aliphatic rings. The maximum Gasteiger partial charge on any atom is 0.361 e. The summed E-state index contributed by atoms with van der Waals surface area (Å²) < 4.78 is 1.39. The summed E-state index contributed by atoms with van der Waals surface area (Å²) in [5.74, 6) is 0. The number of hydrogen-bond acceptors (Lipinski definition) is 3. The van der Waals surface area contributed by atoms with Gasteiger partial charge < -0.3 is 0 Å². The molecule has 0 bridgehead atoms. The Bertz CT molecular complexity index is 258. The molecule has 1 aromatic heterocycles. The second kappa shape index (κ2) is 1.43. The van der Waals surface area contributed by atoms with E-state index in [4.69, 9.17) is 0 Å². The van der Waals surface area contributed by atoms with E-state index in [0.29, 0.717) is 6.04 Å². The molecule has 2 rings (SSSR count). The highest BCUT2D eigenvalue weighted by Gasteiger charge is 2.26. The van der Waals surface area contributed by atoms with Crippen molar-refractivity contribution in [2.75, 3.05) is 0 Å². The molecule has 9 heavy (non-hydrogen) atoms. The van der Waals surface area contributed by atoms with Gasteiger partial charge in [0.2, 0.25) is 0 Å². The molecule has 0 saturated heterocycles. The molecular formula is C4H6N4O. The number of nitrogens with one attached hydrogen (secondary N) is 1. The molecule has 0 radical (unpaired) electrons. The number of tetrazole rings is 1. The minimum Gasteiger partial charge on any atom is -0.245 e. The van der Waals surface area contributed by atoms with E-state index in [2.05, 4.69) is 15.5 Å². The minimum absolute atomic E-state index is 0.197. The largest absolute Gasteiger partial charge is 0.361 e. The van der Waals surface area contributed by atoms with E-state index in [9.17, 15) is 4.79 Å². The van der Waals surface area contributed by atoms with Crippen LogP contribution in [-0.2, 0) is 0 Å². The van der Waals surface area contributed by atoms with Crippen LogP contribution >= 0.6 is 0 Å². The molecule has 0 atom stereocenters. The lowest BCUT2D eigenvalue weighted by Crippen LogP contribution is -2.16. The fourth-order valence-corrected chi connectivity index (χ4v) is 0.763. The topological polar surface area (TPSA) is 63.6 Å². The van der Waals surface area contributed by atoms with Crippen molar-refractivity contribution in [2.45, 2.75) is 18.9 Å². The Kier molecular flexibility index (Phi) is 0.750. The van der Waals surface area contributed by atoms with Gasteiger partial charge in [0.05, 0.1) is 6.04 Å². The number of rotatable bonds is 1. The fourth-order valence-electron chi connectivity index (χ4n) is 0.763. The maximum absolute atomic E-state index is 10.7. The van der Waals surface area contributed by atoms with E-state index in [1.165, 1.54) is 4.68 Å². The van der Waals surface area contributed by atoms with Gasteiger partial charge in [0.1, 0.15) is 0 Å². The lowest BCUT2D eigenvalue weighted by molar-refractivity contribution is 0.593. The highest BCUT2D eigenvalue weighted by molar-refractivity contribution is 4.78. The smallest absolute Gasteiger partial charge is 0.245 e. The Morgan fingerprint density at radius 1 is 1.67 bits per heavy atom. The monoisotopic (exact) mass is 126 g/mol. The number of H-pyrrole nitrogens is 1. The molecule has 48 valence electrons. The second-order valence-electron chi connectivity index (χ2n) is 2.18. The summed E-state index contributed by atoms with van der Waals surface area (Å²) in [6, 6.07) is 0.330. The molecule has 0 aromatic carbocycles. The lowest BCUT2D eigenvalue weighted by atomic mass is 10.7. The zero-order valence-corrected chi connectivity index (χ0v) is 4.74. The molecule has 0 unspecified atom stereocenters. The van der Waals surface area contributed by atoms with Crippen LogP contribution in [0, 0.1) is 0 Å². The van der Waals surface area contributed by atoms with E-state index < -0.39 is 0 Å². The average molecular weight is 126 g/mol. The van der Waals surface area contributed by atoms with Crippen molar-refractivity contribution < 1.29 is 0 Å². The van der Waals surface area contributed by atoms with Gasteiger partial charge in [-0.25, -0.2) is 9.89 Å². The van der Waals surface area contributed by atoms with E-state index in [1.54, 1.807) is 0 Å². The molecule has 5 nitrogen and oxygen atoms in total. The van der Waals surface area contributed by atoms with Gasteiger partial charge in [-0.1, -0.05) is 0 Å². The second-order valence-corrected chi connectivity index (χ2v) is 2.18. The average Bonchev–Trinajstić information content (AvgIpc) is 2.58. The number of aromatic amines is 1. The van der Waals surface area contributed by atoms with Gasteiger partial charge in [0.25, 0.3) is 0 Å². The zero-order chi connectivity index (χ0) is 6.27. The third-order valence-electron chi connectivity index (χ3n) is 1.39. The van der Waals surface area contributed by atoms with Crippen LogP contribution in [0.25, 0.3) is 0 Å². The van der Waals surface area contributed by atoms with Gasteiger partial charge in [-0.05, 0) is 23.3 Å². The molecule has 0 amide bonds. The first-order chi connectivity index (χ1) is 4.38. The normalized spacial score (nSPS) is 18.2. The van der Waals surface area contributed by atoms with Crippen molar-refractivity contribution >= 4 is 0 Å². The molecule has 1 heterocycles. The Morgan fingerprint density at radius 3 is 2.89 bits per heavy atom. The summed E-state index contributed by atoms with van der Waals surface area (Å²) in [5, 5.41) is 9.17. The van der Waals surface area contributed by atoms with E-state index >= 15 is 0 Å². The van der Waals surface area contributed by atoms with Crippen LogP contribution in [-0.4, -0.2) is 20.2 Å². The van der Waals surface area contributed by atoms with Crippen LogP contribution in [0.4, 0.5) is 0 Å². The Hall–Kier alpha value is -1.13. The summed E-state index contributed by atoms with van der Waals surface area (Å²) in [4.78, 5) is 10.7. The van der Waals surface area contributed by atoms with Gasteiger partial charge in [-0.3, -0.25) is 0 Å². The van der Waals surface area contributed by atoms with Gasteiger partial charge in [0, 0.05) is 0 Å². The summed E-state index contributed by atoms with van der Waals surface area (Å²) in [7, 11) is 0. The van der Waals surface area contributed by atoms with Gasteiger partial charge in [0.15, 0.2) is 0 Å². The summed E-state index contributed by atoms with van der Waals surface area (Å²) in [6.07, 6.45) is 2.12. The molecule has 1 aliphatic carbocycles. The molecule has 1 fully saturated rings. The maximum atomic E-state index is 10.7. The van der Waals surface area contributed by atoms with Gasteiger partial charge in [-0.2, -0.15) is 4.68 Å². The van der Waals surface area contributed by atoms with Crippen molar-refractivity contribution in [1.29, 1.82) is 0 Å². The summed E-state index contributed by atoms with van der Waals surface area (Å²) in [6.45, 7) is 0. The predicted octanol–water partition coefficient (Wildman–Crippen LogP) is -0.699. The van der Waals surface area contributed by atoms with Crippen LogP contribution in [0.15, 0.2) is 4.79 Å². The summed E-state index contributed by atoms with van der Waals surface area (Å²) >= 11 is 0. The molecule has 1 aromatic rings. The first-order valence-electron chi connectivity index (χ1n) is 2.88. The fraction of sp³-hybridized carbons (Fsp3) is 0.750. The van der Waals surface area contributed by atoms with Crippen LogP contribution in [0.3, 0.4) is 0 Å². The van der Waals surface area contributed by atoms with Gasteiger partial charge >= 0.3 is 5.69 Å². The highest BCUT2D eigenvalue weighted by atomic mass is 16.2. The third-order valence-corrected chi connectivity index (χ3v) is 1.39. The van der Waals surface area contributed by atoms with Crippen LogP contribution < -0.4 is 5.69 Å². The van der Waals surface area contributed by atoms with Crippen molar-refractivity contribution in [3.63, 3.8) is 0 Å². The number of aromatic nitrogens is 4. The SMILES string of the molecule is O=c1[nH]nnn1C1CC1. The van der Waals surface area contributed by atoms with Crippen LogP contribution in [0.1, 0.15) is 18.9 Å². The Morgan fingerprint density at radius 2 is 2.44 bits per heavy atom. The van der Waals surface area contributed by atoms with E-state index in [-0.39, 0.29) is 5.69 Å². The predicted molar refractivity (Wildman–Crippen MR) is 28.9 cm³/mol.